The topological polar surface area (TPSA) is 95.7 Å². The minimum atomic E-state index is -0.870. The van der Waals surface area contributed by atoms with Crippen molar-refractivity contribution >= 4 is 23.3 Å². The van der Waals surface area contributed by atoms with E-state index in [1.54, 1.807) is 4.90 Å². The highest BCUT2D eigenvalue weighted by atomic mass is 16.4. The van der Waals surface area contributed by atoms with Crippen molar-refractivity contribution in [3.63, 3.8) is 0 Å². The Bertz CT molecular complexity index is 953. The second-order valence-corrected chi connectivity index (χ2v) is 9.52. The van der Waals surface area contributed by atoms with Crippen LogP contribution in [0.25, 0.3) is 0 Å². The SMILES string of the molecule is Nc1ccc(CN2C(=O)C(NC(CCC3CCCCC3)C(=O)O)CCc3ccccc32)cc1. The molecule has 1 aliphatic heterocycles. The highest BCUT2D eigenvalue weighted by Crippen LogP contribution is 2.30. The number of nitrogens with zero attached hydrogens (tertiary/aromatic N) is 1. The summed E-state index contributed by atoms with van der Waals surface area (Å²) in [4.78, 5) is 27.5. The van der Waals surface area contributed by atoms with E-state index in [2.05, 4.69) is 11.4 Å². The van der Waals surface area contributed by atoms with Gasteiger partial charge in [-0.05, 0) is 60.9 Å². The number of nitrogen functional groups attached to an aromatic ring is 1. The molecule has 0 aromatic heterocycles. The summed E-state index contributed by atoms with van der Waals surface area (Å²) in [5.74, 6) is -0.329. The molecule has 4 N–H and O–H groups in total. The highest BCUT2D eigenvalue weighted by Gasteiger charge is 2.33. The summed E-state index contributed by atoms with van der Waals surface area (Å²) >= 11 is 0. The van der Waals surface area contributed by atoms with Crippen LogP contribution < -0.4 is 16.0 Å². The van der Waals surface area contributed by atoms with Gasteiger partial charge in [-0.25, -0.2) is 0 Å². The zero-order chi connectivity index (χ0) is 23.2. The van der Waals surface area contributed by atoms with Crippen LogP contribution in [-0.2, 0) is 22.6 Å². The number of rotatable bonds is 8. The van der Waals surface area contributed by atoms with Gasteiger partial charge in [0, 0.05) is 11.4 Å². The Morgan fingerprint density at radius 1 is 1.06 bits per heavy atom. The Morgan fingerprint density at radius 3 is 2.52 bits per heavy atom. The second-order valence-electron chi connectivity index (χ2n) is 9.52. The summed E-state index contributed by atoms with van der Waals surface area (Å²) in [6.45, 7) is 0.425. The number of amides is 1. The predicted octanol–water partition coefficient (Wildman–Crippen LogP) is 4.52. The second kappa shape index (κ2) is 10.8. The van der Waals surface area contributed by atoms with Crippen molar-refractivity contribution in [1.29, 1.82) is 0 Å². The lowest BCUT2D eigenvalue weighted by Gasteiger charge is -2.29. The average Bonchev–Trinajstić information content (AvgIpc) is 2.95. The number of fused-ring (bicyclic) bond motifs is 1. The summed E-state index contributed by atoms with van der Waals surface area (Å²) in [6, 6.07) is 14.3. The van der Waals surface area contributed by atoms with Gasteiger partial charge in [0.05, 0.1) is 12.6 Å². The summed E-state index contributed by atoms with van der Waals surface area (Å²) in [5, 5.41) is 13.1. The molecule has 4 rings (SSSR count). The van der Waals surface area contributed by atoms with Crippen LogP contribution in [0, 0.1) is 5.92 Å². The van der Waals surface area contributed by atoms with Gasteiger partial charge < -0.3 is 15.7 Å². The lowest BCUT2D eigenvalue weighted by atomic mass is 9.85. The van der Waals surface area contributed by atoms with Gasteiger partial charge in [0.15, 0.2) is 0 Å². The van der Waals surface area contributed by atoms with Crippen molar-refractivity contribution in [2.45, 2.75) is 76.4 Å². The molecule has 1 aliphatic carbocycles. The molecule has 0 saturated heterocycles. The highest BCUT2D eigenvalue weighted by molar-refractivity contribution is 5.98. The van der Waals surface area contributed by atoms with E-state index in [1.807, 2.05) is 42.5 Å². The van der Waals surface area contributed by atoms with Gasteiger partial charge >= 0.3 is 5.97 Å². The van der Waals surface area contributed by atoms with Crippen LogP contribution >= 0.6 is 0 Å². The number of carboxylic acids is 1. The normalized spacial score (nSPS) is 20.2. The molecule has 2 aliphatic rings. The predicted molar refractivity (Wildman–Crippen MR) is 131 cm³/mol. The van der Waals surface area contributed by atoms with Crippen molar-refractivity contribution in [2.75, 3.05) is 10.6 Å². The number of anilines is 2. The number of hydrogen-bond donors (Lipinski definition) is 3. The Kier molecular flexibility index (Phi) is 7.65. The van der Waals surface area contributed by atoms with Crippen LogP contribution in [0.15, 0.2) is 48.5 Å². The number of nitrogens with one attached hydrogen (secondary N) is 1. The number of para-hydroxylation sites is 1. The van der Waals surface area contributed by atoms with Gasteiger partial charge in [-0.2, -0.15) is 0 Å². The molecule has 6 heteroatoms. The molecule has 2 aromatic carbocycles. The number of carbonyl (C=O) groups is 2. The molecule has 33 heavy (non-hydrogen) atoms. The Hall–Kier alpha value is -2.86. The minimum absolute atomic E-state index is 0.0688. The smallest absolute Gasteiger partial charge is 0.320 e. The van der Waals surface area contributed by atoms with Gasteiger partial charge in [-0.1, -0.05) is 62.4 Å². The molecule has 1 amide bonds. The summed E-state index contributed by atoms with van der Waals surface area (Å²) in [7, 11) is 0. The van der Waals surface area contributed by atoms with E-state index >= 15 is 0 Å². The van der Waals surface area contributed by atoms with Crippen molar-refractivity contribution in [2.24, 2.45) is 5.92 Å². The zero-order valence-electron chi connectivity index (χ0n) is 19.2. The maximum atomic E-state index is 13.7. The molecule has 0 bridgehead atoms. The molecule has 0 radical (unpaired) electrons. The molecule has 1 heterocycles. The summed E-state index contributed by atoms with van der Waals surface area (Å²) in [5.41, 5.74) is 9.51. The fraction of sp³-hybridized carbons (Fsp3) is 0.481. The lowest BCUT2D eigenvalue weighted by Crippen LogP contribution is -2.51. The van der Waals surface area contributed by atoms with E-state index in [9.17, 15) is 14.7 Å². The molecule has 1 saturated carbocycles. The third kappa shape index (κ3) is 5.93. The summed E-state index contributed by atoms with van der Waals surface area (Å²) in [6.07, 6.45) is 8.95. The number of aryl methyl sites for hydroxylation is 1. The third-order valence-electron chi connectivity index (χ3n) is 7.16. The number of carboxylic acid groups (broad SMARTS) is 1. The average molecular weight is 450 g/mol. The maximum Gasteiger partial charge on any atom is 0.320 e. The van der Waals surface area contributed by atoms with Crippen LogP contribution in [0.2, 0.25) is 0 Å². The van der Waals surface area contributed by atoms with Gasteiger partial charge in [0.2, 0.25) is 5.91 Å². The zero-order valence-corrected chi connectivity index (χ0v) is 19.2. The standard InChI is InChI=1S/C27H35N3O3/c28-22-14-10-20(11-15-22)18-30-25-9-5-4-8-21(25)13-17-23(26(30)31)29-24(27(32)33)16-12-19-6-2-1-3-7-19/h4-5,8-11,14-15,19,23-24,29H,1-3,6-7,12-13,16-18,28H2,(H,32,33). The quantitative estimate of drug-likeness (QED) is 0.515. The first kappa shape index (κ1) is 23.3. The molecule has 2 atom stereocenters. The van der Waals surface area contributed by atoms with Gasteiger partial charge in [-0.15, -0.1) is 0 Å². The van der Waals surface area contributed by atoms with Gasteiger partial charge in [-0.3, -0.25) is 14.9 Å². The van der Waals surface area contributed by atoms with E-state index in [1.165, 1.54) is 32.1 Å². The number of carbonyl (C=O) groups excluding carboxylic acids is 1. The van der Waals surface area contributed by atoms with Crippen molar-refractivity contribution in [1.82, 2.24) is 5.32 Å². The van der Waals surface area contributed by atoms with Crippen LogP contribution in [0.1, 0.15) is 62.5 Å². The van der Waals surface area contributed by atoms with Crippen molar-refractivity contribution in [3.8, 4) is 0 Å². The number of benzene rings is 2. The minimum Gasteiger partial charge on any atom is -0.480 e. The lowest BCUT2D eigenvalue weighted by molar-refractivity contribution is -0.140. The molecular formula is C27H35N3O3. The largest absolute Gasteiger partial charge is 0.480 e. The van der Waals surface area contributed by atoms with Crippen molar-refractivity contribution < 1.29 is 14.7 Å². The molecule has 6 nitrogen and oxygen atoms in total. The first-order chi connectivity index (χ1) is 16.0. The first-order valence-electron chi connectivity index (χ1n) is 12.2. The maximum absolute atomic E-state index is 13.7. The summed E-state index contributed by atoms with van der Waals surface area (Å²) < 4.78 is 0. The monoisotopic (exact) mass is 449 g/mol. The third-order valence-corrected chi connectivity index (χ3v) is 7.16. The van der Waals surface area contributed by atoms with Gasteiger partial charge in [0.1, 0.15) is 6.04 Å². The Balaban J connectivity index is 1.51. The van der Waals surface area contributed by atoms with Crippen molar-refractivity contribution in [3.05, 3.63) is 59.7 Å². The first-order valence-corrected chi connectivity index (χ1v) is 12.2. The fourth-order valence-electron chi connectivity index (χ4n) is 5.24. The van der Waals surface area contributed by atoms with Gasteiger partial charge in [0.25, 0.3) is 0 Å². The molecule has 2 aromatic rings. The Labute approximate surface area is 196 Å². The number of nitrogens with two attached hydrogens (primary N) is 1. The molecule has 1 fully saturated rings. The van der Waals surface area contributed by atoms with Crippen LogP contribution in [-0.4, -0.2) is 29.1 Å². The molecule has 0 spiro atoms. The van der Waals surface area contributed by atoms with E-state index in [4.69, 9.17) is 5.73 Å². The number of aliphatic carboxylic acids is 1. The molecule has 2 unspecified atom stereocenters. The van der Waals surface area contributed by atoms with E-state index in [0.29, 0.717) is 31.0 Å². The Morgan fingerprint density at radius 2 is 1.79 bits per heavy atom. The molecular weight excluding hydrogens is 414 g/mol. The number of hydrogen-bond acceptors (Lipinski definition) is 4. The van der Waals surface area contributed by atoms with Crippen LogP contribution in [0.5, 0.6) is 0 Å². The van der Waals surface area contributed by atoms with Crippen LogP contribution in [0.3, 0.4) is 0 Å². The van der Waals surface area contributed by atoms with E-state index < -0.39 is 18.1 Å². The van der Waals surface area contributed by atoms with Crippen LogP contribution in [0.4, 0.5) is 11.4 Å². The fourth-order valence-corrected chi connectivity index (χ4v) is 5.24. The van der Waals surface area contributed by atoms with E-state index in [-0.39, 0.29) is 5.91 Å². The van der Waals surface area contributed by atoms with E-state index in [0.717, 1.165) is 29.7 Å². The molecule has 176 valence electrons.